The van der Waals surface area contributed by atoms with Crippen LogP contribution in [-0.4, -0.2) is 39.6 Å². The van der Waals surface area contributed by atoms with Crippen LogP contribution in [0.1, 0.15) is 84.3 Å². The molecule has 1 amide bonds. The molecule has 3 atom stereocenters. The minimum absolute atomic E-state index is 0.00440. The number of rotatable bonds is 18. The van der Waals surface area contributed by atoms with Gasteiger partial charge in [0.1, 0.15) is 0 Å². The van der Waals surface area contributed by atoms with Crippen molar-refractivity contribution in [3.8, 4) is 11.1 Å². The summed E-state index contributed by atoms with van der Waals surface area (Å²) in [6.07, 6.45) is 2.36. The second-order valence-electron chi connectivity index (χ2n) is 14.0. The highest BCUT2D eigenvalue weighted by molar-refractivity contribution is 5.76. The number of carbonyl (C=O) groups is 2. The third-order valence-corrected chi connectivity index (χ3v) is 9.80. The number of benzene rings is 5. The van der Waals surface area contributed by atoms with Gasteiger partial charge in [-0.2, -0.15) is 0 Å². The summed E-state index contributed by atoms with van der Waals surface area (Å²) < 4.78 is 13.5. The van der Waals surface area contributed by atoms with E-state index in [2.05, 4.69) is 95.1 Å². The molecular weight excluding hydrogens is 677 g/mol. The predicted octanol–water partition coefficient (Wildman–Crippen LogP) is 8.75. The van der Waals surface area contributed by atoms with E-state index in [9.17, 15) is 14.7 Å². The van der Waals surface area contributed by atoms with Gasteiger partial charge < -0.3 is 25.0 Å². The molecule has 5 aromatic carbocycles. The fourth-order valence-corrected chi connectivity index (χ4v) is 6.91. The molecule has 3 unspecified atom stereocenters. The monoisotopic (exact) mass is 726 g/mol. The van der Waals surface area contributed by atoms with Crippen molar-refractivity contribution in [2.45, 2.75) is 83.3 Å². The molecule has 8 nitrogen and oxygen atoms in total. The zero-order chi connectivity index (χ0) is 37.5. The van der Waals surface area contributed by atoms with Crippen LogP contribution in [0, 0.1) is 0 Å². The Kier molecular flexibility index (Phi) is 14.2. The summed E-state index contributed by atoms with van der Waals surface area (Å²) in [4.78, 5) is 25.5. The molecule has 0 radical (unpaired) electrons. The lowest BCUT2D eigenvalue weighted by atomic mass is 9.98. The molecule has 0 aliphatic carbocycles. The molecule has 280 valence electrons. The van der Waals surface area contributed by atoms with Crippen molar-refractivity contribution in [2.75, 3.05) is 6.54 Å². The van der Waals surface area contributed by atoms with E-state index in [0.29, 0.717) is 32.2 Å². The van der Waals surface area contributed by atoms with Crippen LogP contribution in [-0.2, 0) is 45.3 Å². The van der Waals surface area contributed by atoms with Crippen LogP contribution < -0.4 is 5.32 Å². The van der Waals surface area contributed by atoms with Crippen LogP contribution in [0.25, 0.3) is 11.1 Å². The quantitative estimate of drug-likeness (QED) is 0.0776. The molecule has 0 bridgehead atoms. The Morgan fingerprint density at radius 1 is 0.648 bits per heavy atom. The molecule has 6 rings (SSSR count). The number of aliphatic hydroxyl groups excluding tert-OH is 1. The van der Waals surface area contributed by atoms with E-state index in [4.69, 9.17) is 14.6 Å². The lowest BCUT2D eigenvalue weighted by Crippen LogP contribution is -2.39. The number of ether oxygens (including phenoxy) is 2. The summed E-state index contributed by atoms with van der Waals surface area (Å²) in [5, 5.41) is 21.4. The van der Waals surface area contributed by atoms with Crippen LogP contribution in [0.5, 0.6) is 0 Å². The summed E-state index contributed by atoms with van der Waals surface area (Å²) in [7, 11) is 0. The van der Waals surface area contributed by atoms with Crippen molar-refractivity contribution < 1.29 is 29.3 Å². The molecule has 5 aromatic rings. The predicted molar refractivity (Wildman–Crippen MR) is 210 cm³/mol. The molecule has 1 fully saturated rings. The highest BCUT2D eigenvalue weighted by Crippen LogP contribution is 2.39. The van der Waals surface area contributed by atoms with Crippen molar-refractivity contribution in [3.05, 3.63) is 167 Å². The first kappa shape index (κ1) is 38.6. The van der Waals surface area contributed by atoms with E-state index in [1.165, 1.54) is 11.1 Å². The molecule has 54 heavy (non-hydrogen) atoms. The summed E-state index contributed by atoms with van der Waals surface area (Å²) in [6, 6.07) is 45.5. The normalized spacial score (nSPS) is 17.0. The Labute approximate surface area is 318 Å². The van der Waals surface area contributed by atoms with Crippen molar-refractivity contribution >= 4 is 11.9 Å². The van der Waals surface area contributed by atoms with Crippen LogP contribution in [0.15, 0.2) is 133 Å². The number of nitrogens with zero attached hydrogens (tertiary/aromatic N) is 1. The smallest absolute Gasteiger partial charge is 0.303 e. The fraction of sp³-hybridized carbons (Fsp3) is 0.304. The standard InChI is InChI=1S/C46H50N2O6/c49-33-36-19-21-39(22-20-36)43-28-42(32-48(30-34-11-4-1-5-12-34)31-35-13-6-2-7-14-35)53-46(54-43)40-25-23-38(24-26-40)41-16-10-15-37(27-41)29-47-44(50)17-8-3-9-18-45(51)52/h1-2,4-7,10-16,19-27,42-43,46,49H,3,8-9,17-18,28-33H2,(H,47,50)(H,51,52). The number of nitrogens with one attached hydrogen (secondary N) is 1. The van der Waals surface area contributed by atoms with Gasteiger partial charge >= 0.3 is 5.97 Å². The SMILES string of the molecule is O=C(O)CCCCCC(=O)NCc1cccc(-c2ccc(C3OC(CN(Cc4ccccc4)Cc4ccccc4)CC(c4ccc(CO)cc4)O3)cc2)c1. The van der Waals surface area contributed by atoms with E-state index >= 15 is 0 Å². The molecule has 1 heterocycles. The van der Waals surface area contributed by atoms with Gasteiger partial charge in [0.25, 0.3) is 0 Å². The third-order valence-electron chi connectivity index (χ3n) is 9.80. The van der Waals surface area contributed by atoms with E-state index in [1.54, 1.807) is 0 Å². The molecule has 1 saturated heterocycles. The van der Waals surface area contributed by atoms with Gasteiger partial charge in [-0.3, -0.25) is 14.5 Å². The Balaban J connectivity index is 1.15. The zero-order valence-corrected chi connectivity index (χ0v) is 30.7. The highest BCUT2D eigenvalue weighted by Gasteiger charge is 2.33. The fourth-order valence-electron chi connectivity index (χ4n) is 6.91. The number of carboxylic acid groups (broad SMARTS) is 1. The van der Waals surface area contributed by atoms with Gasteiger partial charge in [0.15, 0.2) is 6.29 Å². The topological polar surface area (TPSA) is 108 Å². The Hall–Kier alpha value is -5.12. The molecule has 0 saturated carbocycles. The molecular formula is C46H50N2O6. The van der Waals surface area contributed by atoms with E-state index in [0.717, 1.165) is 59.4 Å². The highest BCUT2D eigenvalue weighted by atomic mass is 16.7. The van der Waals surface area contributed by atoms with E-state index < -0.39 is 12.3 Å². The summed E-state index contributed by atoms with van der Waals surface area (Å²) in [6.45, 7) is 2.74. The number of amides is 1. The molecule has 8 heteroatoms. The van der Waals surface area contributed by atoms with Crippen molar-refractivity contribution in [1.82, 2.24) is 10.2 Å². The first-order chi connectivity index (χ1) is 26.4. The number of aliphatic carboxylic acids is 1. The minimum atomic E-state index is -0.801. The average molecular weight is 727 g/mol. The van der Waals surface area contributed by atoms with Gasteiger partial charge in [-0.15, -0.1) is 0 Å². The molecule has 1 aliphatic rings. The van der Waals surface area contributed by atoms with Gasteiger partial charge in [0, 0.05) is 51.0 Å². The lowest BCUT2D eigenvalue weighted by molar-refractivity contribution is -0.253. The van der Waals surface area contributed by atoms with Gasteiger partial charge in [0.05, 0.1) is 18.8 Å². The van der Waals surface area contributed by atoms with Crippen molar-refractivity contribution in [1.29, 1.82) is 0 Å². The second kappa shape index (κ2) is 19.8. The van der Waals surface area contributed by atoms with E-state index in [-0.39, 0.29) is 31.1 Å². The molecule has 3 N–H and O–H groups in total. The van der Waals surface area contributed by atoms with Crippen LogP contribution in [0.2, 0.25) is 0 Å². The Morgan fingerprint density at radius 3 is 1.93 bits per heavy atom. The van der Waals surface area contributed by atoms with Gasteiger partial charge in [0.2, 0.25) is 5.91 Å². The minimum Gasteiger partial charge on any atom is -0.481 e. The Bertz CT molecular complexity index is 1860. The van der Waals surface area contributed by atoms with Gasteiger partial charge in [-0.05, 0) is 57.9 Å². The van der Waals surface area contributed by atoms with Gasteiger partial charge in [-0.1, -0.05) is 134 Å². The van der Waals surface area contributed by atoms with Crippen LogP contribution >= 0.6 is 0 Å². The maximum atomic E-state index is 12.4. The largest absolute Gasteiger partial charge is 0.481 e. The maximum Gasteiger partial charge on any atom is 0.303 e. The first-order valence-corrected chi connectivity index (χ1v) is 18.9. The zero-order valence-electron chi connectivity index (χ0n) is 30.7. The van der Waals surface area contributed by atoms with Crippen LogP contribution in [0.3, 0.4) is 0 Å². The van der Waals surface area contributed by atoms with Gasteiger partial charge in [-0.25, -0.2) is 0 Å². The number of unbranched alkanes of at least 4 members (excludes halogenated alkanes) is 2. The second-order valence-corrected chi connectivity index (χ2v) is 14.0. The van der Waals surface area contributed by atoms with Crippen LogP contribution in [0.4, 0.5) is 0 Å². The number of hydrogen-bond donors (Lipinski definition) is 3. The van der Waals surface area contributed by atoms with E-state index in [1.807, 2.05) is 48.5 Å². The number of aliphatic hydroxyl groups is 1. The maximum absolute atomic E-state index is 12.4. The number of carboxylic acids is 1. The van der Waals surface area contributed by atoms with Crippen molar-refractivity contribution in [3.63, 3.8) is 0 Å². The van der Waals surface area contributed by atoms with Crippen molar-refractivity contribution in [2.24, 2.45) is 0 Å². The summed E-state index contributed by atoms with van der Waals surface area (Å²) >= 11 is 0. The molecule has 0 aromatic heterocycles. The molecule has 0 spiro atoms. The molecule has 1 aliphatic heterocycles. The summed E-state index contributed by atoms with van der Waals surface area (Å²) in [5.41, 5.74) is 8.45. The average Bonchev–Trinajstić information content (AvgIpc) is 3.20. The Morgan fingerprint density at radius 2 is 1.28 bits per heavy atom. The first-order valence-electron chi connectivity index (χ1n) is 18.9. The summed E-state index contributed by atoms with van der Waals surface area (Å²) in [5.74, 6) is -0.832. The lowest BCUT2D eigenvalue weighted by Gasteiger charge is -2.38. The third kappa shape index (κ3) is 11.7. The number of hydrogen-bond acceptors (Lipinski definition) is 6. The number of carbonyl (C=O) groups excluding carboxylic acids is 1.